The monoisotopic (exact) mass is 506 g/mol. The molecule has 0 amide bonds. The Kier molecular flexibility index (Phi) is 6.69. The Balaban J connectivity index is 0.00000240. The SMILES string of the molecule is CN1CCCC(c2cccc(C(=O)c3cnn(-c4ccc(F)cc4)c3N)c2)C1.I. The fraction of sp³-hybridized carbons (Fsp3) is 0.273. The first-order valence-corrected chi connectivity index (χ1v) is 9.45. The Morgan fingerprint density at radius 3 is 2.69 bits per heavy atom. The lowest BCUT2D eigenvalue weighted by Crippen LogP contribution is -2.30. The molecule has 4 rings (SSSR count). The van der Waals surface area contributed by atoms with Gasteiger partial charge in [0.15, 0.2) is 5.78 Å². The van der Waals surface area contributed by atoms with Gasteiger partial charge in [-0.15, -0.1) is 24.0 Å². The van der Waals surface area contributed by atoms with Crippen molar-refractivity contribution in [1.82, 2.24) is 14.7 Å². The summed E-state index contributed by atoms with van der Waals surface area (Å²) in [6, 6.07) is 13.6. The quantitative estimate of drug-likeness (QED) is 0.425. The molecule has 29 heavy (non-hydrogen) atoms. The second kappa shape index (κ2) is 9.04. The summed E-state index contributed by atoms with van der Waals surface area (Å²) in [5.41, 5.74) is 8.94. The predicted octanol–water partition coefficient (Wildman–Crippen LogP) is 4.25. The van der Waals surface area contributed by atoms with Crippen LogP contribution in [0.1, 0.15) is 40.2 Å². The number of halogens is 2. The van der Waals surface area contributed by atoms with E-state index in [1.165, 1.54) is 28.6 Å². The molecular weight excluding hydrogens is 482 g/mol. The van der Waals surface area contributed by atoms with E-state index in [1.807, 2.05) is 18.2 Å². The van der Waals surface area contributed by atoms with Gasteiger partial charge in [0, 0.05) is 12.1 Å². The number of anilines is 1. The Bertz CT molecular complexity index is 1000. The number of aromatic nitrogens is 2. The molecule has 2 heterocycles. The molecule has 152 valence electrons. The number of nitrogen functional groups attached to an aromatic ring is 1. The van der Waals surface area contributed by atoms with E-state index < -0.39 is 0 Å². The molecule has 1 fully saturated rings. The van der Waals surface area contributed by atoms with Crippen molar-refractivity contribution >= 4 is 35.6 Å². The molecule has 2 N–H and O–H groups in total. The predicted molar refractivity (Wildman–Crippen MR) is 123 cm³/mol. The molecule has 3 aromatic rings. The van der Waals surface area contributed by atoms with Crippen LogP contribution >= 0.6 is 24.0 Å². The summed E-state index contributed by atoms with van der Waals surface area (Å²) in [6.07, 6.45) is 3.77. The van der Waals surface area contributed by atoms with Crippen LogP contribution < -0.4 is 5.73 Å². The van der Waals surface area contributed by atoms with Gasteiger partial charge in [0.25, 0.3) is 0 Å². The largest absolute Gasteiger partial charge is 0.383 e. The van der Waals surface area contributed by atoms with Gasteiger partial charge in [0.1, 0.15) is 11.6 Å². The van der Waals surface area contributed by atoms with Crippen LogP contribution in [0.25, 0.3) is 5.69 Å². The number of nitrogens with two attached hydrogens (primary N) is 1. The Morgan fingerprint density at radius 1 is 1.21 bits per heavy atom. The van der Waals surface area contributed by atoms with Gasteiger partial charge in [-0.05, 0) is 68.2 Å². The maximum atomic E-state index is 13.2. The molecule has 1 atom stereocenters. The molecular formula is C22H24FIN4O. The Labute approximate surface area is 186 Å². The van der Waals surface area contributed by atoms with Crippen LogP contribution in [0.3, 0.4) is 0 Å². The summed E-state index contributed by atoms with van der Waals surface area (Å²) >= 11 is 0. The van der Waals surface area contributed by atoms with Crippen molar-refractivity contribution in [3.8, 4) is 5.69 Å². The zero-order chi connectivity index (χ0) is 19.7. The maximum absolute atomic E-state index is 13.2. The van der Waals surface area contributed by atoms with Crippen LogP contribution in [0.15, 0.2) is 54.7 Å². The third-order valence-electron chi connectivity index (χ3n) is 5.37. The topological polar surface area (TPSA) is 64.2 Å². The van der Waals surface area contributed by atoms with Crippen LogP contribution in [0, 0.1) is 5.82 Å². The average Bonchev–Trinajstić information content (AvgIpc) is 3.09. The van der Waals surface area contributed by atoms with Crippen LogP contribution in [0.4, 0.5) is 10.2 Å². The van der Waals surface area contributed by atoms with Crippen molar-refractivity contribution < 1.29 is 9.18 Å². The van der Waals surface area contributed by atoms with Crippen LogP contribution in [-0.2, 0) is 0 Å². The number of ketones is 1. The van der Waals surface area contributed by atoms with Crippen molar-refractivity contribution in [3.05, 3.63) is 77.2 Å². The van der Waals surface area contributed by atoms with Crippen molar-refractivity contribution in [1.29, 1.82) is 0 Å². The summed E-state index contributed by atoms with van der Waals surface area (Å²) in [5.74, 6) is 0.193. The number of carbonyl (C=O) groups excluding carboxylic acids is 1. The van der Waals surface area contributed by atoms with Crippen LogP contribution in [0.2, 0.25) is 0 Å². The summed E-state index contributed by atoms with van der Waals surface area (Å²) in [6.45, 7) is 2.12. The standard InChI is InChI=1S/C22H23FN4O.HI/c1-26-11-3-6-17(14-26)15-4-2-5-16(12-15)21(28)20-13-25-27(22(20)24)19-9-7-18(23)8-10-19;/h2,4-5,7-10,12-13,17H,3,6,11,14,24H2,1H3;1H. The minimum absolute atomic E-state index is 0. The number of nitrogens with zero attached hydrogens (tertiary/aromatic N) is 3. The number of benzene rings is 2. The van der Waals surface area contributed by atoms with E-state index in [9.17, 15) is 9.18 Å². The van der Waals surface area contributed by atoms with Crippen LogP contribution in [-0.4, -0.2) is 40.6 Å². The summed E-state index contributed by atoms with van der Waals surface area (Å²) in [7, 11) is 2.13. The Hall–Kier alpha value is -2.26. The van der Waals surface area contributed by atoms with Crippen LogP contribution in [0.5, 0.6) is 0 Å². The van der Waals surface area contributed by atoms with E-state index in [-0.39, 0.29) is 41.4 Å². The molecule has 7 heteroatoms. The molecule has 5 nitrogen and oxygen atoms in total. The normalized spacial score (nSPS) is 17.0. The van der Waals surface area contributed by atoms with Gasteiger partial charge in [-0.1, -0.05) is 18.2 Å². The van der Waals surface area contributed by atoms with Gasteiger partial charge in [0.2, 0.25) is 0 Å². The molecule has 0 bridgehead atoms. The number of hydrogen-bond acceptors (Lipinski definition) is 4. The summed E-state index contributed by atoms with van der Waals surface area (Å²) < 4.78 is 14.6. The molecule has 0 spiro atoms. The third-order valence-corrected chi connectivity index (χ3v) is 5.37. The second-order valence-electron chi connectivity index (χ2n) is 7.39. The first kappa shape index (κ1) is 21.4. The van der Waals surface area contributed by atoms with Gasteiger partial charge in [-0.2, -0.15) is 5.10 Å². The van der Waals surface area contributed by atoms with E-state index in [4.69, 9.17) is 5.73 Å². The molecule has 1 aliphatic heterocycles. The molecule has 1 unspecified atom stereocenters. The smallest absolute Gasteiger partial charge is 0.198 e. The first-order valence-electron chi connectivity index (χ1n) is 9.45. The molecule has 0 radical (unpaired) electrons. The highest BCUT2D eigenvalue weighted by atomic mass is 127. The van der Waals surface area contributed by atoms with Gasteiger partial charge in [-0.25, -0.2) is 9.07 Å². The van der Waals surface area contributed by atoms with E-state index in [0.717, 1.165) is 25.9 Å². The zero-order valence-electron chi connectivity index (χ0n) is 16.2. The number of likely N-dealkylation sites (N-methyl/N-ethyl adjacent to an activating group) is 1. The first-order chi connectivity index (χ1) is 13.5. The van der Waals surface area contributed by atoms with Gasteiger partial charge in [0.05, 0.1) is 17.4 Å². The minimum Gasteiger partial charge on any atom is -0.383 e. The number of carbonyl (C=O) groups is 1. The van der Waals surface area contributed by atoms with E-state index in [0.29, 0.717) is 22.7 Å². The van der Waals surface area contributed by atoms with Crippen molar-refractivity contribution in [3.63, 3.8) is 0 Å². The molecule has 2 aromatic carbocycles. The highest BCUT2D eigenvalue weighted by Crippen LogP contribution is 2.28. The number of likely N-dealkylation sites (tertiary alicyclic amines) is 1. The zero-order valence-corrected chi connectivity index (χ0v) is 18.5. The van der Waals surface area contributed by atoms with Gasteiger partial charge < -0.3 is 10.6 Å². The molecule has 0 aliphatic carbocycles. The van der Waals surface area contributed by atoms with E-state index in [1.54, 1.807) is 12.1 Å². The molecule has 1 saturated heterocycles. The minimum atomic E-state index is -0.337. The molecule has 0 saturated carbocycles. The lowest BCUT2D eigenvalue weighted by molar-refractivity contribution is 0.103. The lowest BCUT2D eigenvalue weighted by atomic mass is 9.89. The van der Waals surface area contributed by atoms with Crippen molar-refractivity contribution in [2.75, 3.05) is 25.9 Å². The highest BCUT2D eigenvalue weighted by molar-refractivity contribution is 14.0. The highest BCUT2D eigenvalue weighted by Gasteiger charge is 2.22. The average molecular weight is 506 g/mol. The van der Waals surface area contributed by atoms with Gasteiger partial charge in [-0.3, -0.25) is 4.79 Å². The maximum Gasteiger partial charge on any atom is 0.198 e. The number of piperidine rings is 1. The number of rotatable bonds is 4. The van der Waals surface area contributed by atoms with E-state index in [2.05, 4.69) is 23.1 Å². The van der Waals surface area contributed by atoms with E-state index >= 15 is 0 Å². The fourth-order valence-corrected chi connectivity index (χ4v) is 3.85. The third kappa shape index (κ3) is 4.51. The van der Waals surface area contributed by atoms with Gasteiger partial charge >= 0.3 is 0 Å². The Morgan fingerprint density at radius 2 is 1.97 bits per heavy atom. The van der Waals surface area contributed by atoms with Crippen molar-refractivity contribution in [2.24, 2.45) is 0 Å². The lowest BCUT2D eigenvalue weighted by Gasteiger charge is -2.30. The van der Waals surface area contributed by atoms with Crippen molar-refractivity contribution in [2.45, 2.75) is 18.8 Å². The molecule has 1 aliphatic rings. The second-order valence-corrected chi connectivity index (χ2v) is 7.39. The summed E-state index contributed by atoms with van der Waals surface area (Å²) in [4.78, 5) is 15.4. The fourth-order valence-electron chi connectivity index (χ4n) is 3.85. The number of hydrogen-bond donors (Lipinski definition) is 1. The summed E-state index contributed by atoms with van der Waals surface area (Å²) in [5, 5.41) is 4.23. The molecule has 1 aromatic heterocycles.